The van der Waals surface area contributed by atoms with Gasteiger partial charge in [0.1, 0.15) is 5.76 Å². The Hall–Kier alpha value is -5.69. The fraction of sp³-hybridized carbons (Fsp3) is 0.325. The highest BCUT2D eigenvalue weighted by atomic mass is 16.3. The molecule has 3 aliphatic rings. The second kappa shape index (κ2) is 12.6. The standard InChI is InChI=1S/C40H40N8O2/c1-39(2)33(47(21-9-19-43-45-41)31-17-15-25-11-5-7-13-27(25)35(31)39)23-29-37(49)30(38(29)50)24-34-40(3,4)36-28-14-8-6-12-26(28)16-18-32(36)48(34)22-10-20-44-46-42/h5-8,11-18,23-24,33,49H,9-10,19-22H2,1-4H3. The molecule has 0 saturated carbocycles. The molecule has 1 atom stereocenters. The van der Waals surface area contributed by atoms with E-state index in [4.69, 9.17) is 11.1 Å². The molecule has 252 valence electrons. The summed E-state index contributed by atoms with van der Waals surface area (Å²) in [6.45, 7) is 10.7. The first-order valence-corrected chi connectivity index (χ1v) is 17.1. The summed E-state index contributed by atoms with van der Waals surface area (Å²) in [5, 5.41) is 23.7. The van der Waals surface area contributed by atoms with Crippen LogP contribution < -0.4 is 9.80 Å². The number of fused-ring (bicyclic) bond motifs is 6. The van der Waals surface area contributed by atoms with E-state index in [2.05, 4.69) is 106 Å². The van der Waals surface area contributed by atoms with Crippen LogP contribution in [0.1, 0.15) is 51.7 Å². The van der Waals surface area contributed by atoms with E-state index in [9.17, 15) is 9.90 Å². The lowest BCUT2D eigenvalue weighted by atomic mass is 9.75. The van der Waals surface area contributed by atoms with Gasteiger partial charge in [-0.25, -0.2) is 0 Å². The zero-order valence-corrected chi connectivity index (χ0v) is 28.8. The van der Waals surface area contributed by atoms with Gasteiger partial charge in [0, 0.05) is 63.9 Å². The molecular weight excluding hydrogens is 624 g/mol. The molecule has 50 heavy (non-hydrogen) atoms. The maximum atomic E-state index is 14.1. The van der Waals surface area contributed by atoms with Crippen molar-refractivity contribution in [3.8, 4) is 0 Å². The predicted molar refractivity (Wildman–Crippen MR) is 201 cm³/mol. The van der Waals surface area contributed by atoms with Crippen LogP contribution in [0.5, 0.6) is 0 Å². The van der Waals surface area contributed by atoms with Crippen LogP contribution in [-0.4, -0.2) is 43.1 Å². The van der Waals surface area contributed by atoms with E-state index < -0.39 is 10.8 Å². The predicted octanol–water partition coefficient (Wildman–Crippen LogP) is 9.86. The summed E-state index contributed by atoms with van der Waals surface area (Å²) in [5.41, 5.74) is 22.9. The minimum atomic E-state index is -0.472. The van der Waals surface area contributed by atoms with Crippen LogP contribution in [0.4, 0.5) is 11.4 Å². The van der Waals surface area contributed by atoms with E-state index in [0.717, 1.165) is 38.6 Å². The van der Waals surface area contributed by atoms with Crippen molar-refractivity contribution in [1.82, 2.24) is 0 Å². The number of hydrogen-bond acceptors (Lipinski definition) is 6. The number of hydrogen-bond donors (Lipinski definition) is 1. The molecule has 0 bridgehead atoms. The van der Waals surface area contributed by atoms with Gasteiger partial charge in [-0.15, -0.1) is 0 Å². The van der Waals surface area contributed by atoms with Crippen LogP contribution in [0.3, 0.4) is 0 Å². The van der Waals surface area contributed by atoms with Crippen molar-refractivity contribution in [2.75, 3.05) is 36.0 Å². The molecule has 0 spiro atoms. The molecule has 1 unspecified atom stereocenters. The quantitative estimate of drug-likeness (QED) is 0.0592. The summed E-state index contributed by atoms with van der Waals surface area (Å²) in [6.07, 6.45) is 5.08. The van der Waals surface area contributed by atoms with Gasteiger partial charge in [0.25, 0.3) is 0 Å². The van der Waals surface area contributed by atoms with E-state index in [1.54, 1.807) is 0 Å². The van der Waals surface area contributed by atoms with E-state index in [1.807, 2.05) is 36.4 Å². The third kappa shape index (κ3) is 5.16. The maximum Gasteiger partial charge on any atom is 0.200 e. The van der Waals surface area contributed by atoms with Crippen molar-refractivity contribution in [2.24, 2.45) is 10.2 Å². The van der Waals surface area contributed by atoms with Gasteiger partial charge < -0.3 is 14.9 Å². The summed E-state index contributed by atoms with van der Waals surface area (Å²) in [7, 11) is 0. The van der Waals surface area contributed by atoms with E-state index in [1.165, 1.54) is 11.1 Å². The van der Waals surface area contributed by atoms with Crippen LogP contribution in [0.25, 0.3) is 42.4 Å². The van der Waals surface area contributed by atoms with Crippen LogP contribution >= 0.6 is 0 Å². The molecular formula is C40H40N8O2. The van der Waals surface area contributed by atoms with Crippen molar-refractivity contribution in [2.45, 2.75) is 57.4 Å². The lowest BCUT2D eigenvalue weighted by Crippen LogP contribution is -2.42. The average Bonchev–Trinajstić information content (AvgIpc) is 3.47. The molecule has 2 heterocycles. The average molecular weight is 665 g/mol. The Morgan fingerprint density at radius 1 is 0.800 bits per heavy atom. The van der Waals surface area contributed by atoms with Gasteiger partial charge in [0.15, 0.2) is 5.78 Å². The number of allylic oxidation sites excluding steroid dienone is 4. The first-order valence-electron chi connectivity index (χ1n) is 17.1. The van der Waals surface area contributed by atoms with E-state index >= 15 is 0 Å². The summed E-state index contributed by atoms with van der Waals surface area (Å²) in [4.78, 5) is 24.4. The molecule has 0 amide bonds. The van der Waals surface area contributed by atoms with E-state index in [-0.39, 0.29) is 17.6 Å². The first-order chi connectivity index (χ1) is 24.1. The highest BCUT2D eigenvalue weighted by Gasteiger charge is 2.47. The minimum absolute atomic E-state index is 0.00112. The number of Topliss-reactive ketones (excluding diaryl/α,β-unsaturated/α-hetero) is 1. The molecule has 0 aromatic heterocycles. The SMILES string of the molecule is CC1(C)C(=CC2=C(O)C(=CC3N(CCCN=[N+]=[N-])c4ccc5ccccc5c4C3(C)C)C2=O)N(CCCN=[N+]=[N-])c2ccc3ccccc3c21. The van der Waals surface area contributed by atoms with Crippen LogP contribution in [0.15, 0.2) is 118 Å². The highest BCUT2D eigenvalue weighted by molar-refractivity contribution is 6.21. The van der Waals surface area contributed by atoms with Crippen molar-refractivity contribution in [1.29, 1.82) is 0 Å². The normalized spacial score (nSPS) is 20.2. The Kier molecular flexibility index (Phi) is 8.30. The van der Waals surface area contributed by atoms with Crippen molar-refractivity contribution in [3.63, 3.8) is 0 Å². The Morgan fingerprint density at radius 3 is 2.00 bits per heavy atom. The van der Waals surface area contributed by atoms with Gasteiger partial charge in [-0.2, -0.15) is 0 Å². The molecule has 0 saturated heterocycles. The van der Waals surface area contributed by atoms with Gasteiger partial charge in [0.2, 0.25) is 0 Å². The number of aliphatic hydroxyl groups excluding tert-OH is 1. The zero-order chi connectivity index (χ0) is 35.2. The smallest absolute Gasteiger partial charge is 0.200 e. The van der Waals surface area contributed by atoms with Crippen LogP contribution in [-0.2, 0) is 15.6 Å². The number of benzene rings is 4. The Balaban J connectivity index is 1.30. The molecule has 1 N–H and O–H groups in total. The van der Waals surface area contributed by atoms with Gasteiger partial charge in [-0.05, 0) is 80.9 Å². The molecule has 1 aliphatic carbocycles. The zero-order valence-electron chi connectivity index (χ0n) is 28.8. The molecule has 0 radical (unpaired) electrons. The second-order valence-corrected chi connectivity index (χ2v) is 14.3. The second-order valence-electron chi connectivity index (χ2n) is 14.3. The topological polar surface area (TPSA) is 141 Å². The third-order valence-electron chi connectivity index (χ3n) is 10.7. The highest BCUT2D eigenvalue weighted by Crippen LogP contribution is 2.53. The number of azide groups is 2. The van der Waals surface area contributed by atoms with E-state index in [0.29, 0.717) is 50.2 Å². The number of ketones is 1. The Labute approximate surface area is 291 Å². The summed E-state index contributed by atoms with van der Waals surface area (Å²) >= 11 is 0. The summed E-state index contributed by atoms with van der Waals surface area (Å²) in [6, 6.07) is 24.9. The molecule has 0 fully saturated rings. The number of anilines is 2. The molecule has 10 heteroatoms. The molecule has 2 aliphatic heterocycles. The Bertz CT molecular complexity index is 2250. The number of rotatable bonds is 10. The van der Waals surface area contributed by atoms with Crippen LogP contribution in [0.2, 0.25) is 0 Å². The number of carbonyl (C=O) groups excluding carboxylic acids is 1. The van der Waals surface area contributed by atoms with Gasteiger partial charge in [-0.3, -0.25) is 4.79 Å². The Morgan fingerprint density at radius 2 is 1.38 bits per heavy atom. The number of nitrogens with zero attached hydrogens (tertiary/aromatic N) is 8. The van der Waals surface area contributed by atoms with Crippen molar-refractivity contribution in [3.05, 3.63) is 140 Å². The summed E-state index contributed by atoms with van der Waals surface area (Å²) in [5.74, 6) is -0.190. The summed E-state index contributed by atoms with van der Waals surface area (Å²) < 4.78 is 0. The first kappa shape index (κ1) is 32.8. The largest absolute Gasteiger partial charge is 0.506 e. The fourth-order valence-electron chi connectivity index (χ4n) is 8.38. The lowest BCUT2D eigenvalue weighted by molar-refractivity contribution is -0.113. The van der Waals surface area contributed by atoms with Gasteiger partial charge in [0.05, 0.1) is 17.2 Å². The monoisotopic (exact) mass is 664 g/mol. The maximum absolute atomic E-state index is 14.1. The van der Waals surface area contributed by atoms with Gasteiger partial charge in [-0.1, -0.05) is 98.6 Å². The van der Waals surface area contributed by atoms with Crippen molar-refractivity contribution >= 4 is 38.7 Å². The molecule has 4 aromatic carbocycles. The van der Waals surface area contributed by atoms with Crippen LogP contribution in [0, 0.1) is 0 Å². The third-order valence-corrected chi connectivity index (χ3v) is 10.7. The molecule has 4 aromatic rings. The number of aliphatic hydroxyl groups is 1. The lowest BCUT2D eigenvalue weighted by Gasteiger charge is -2.34. The fourth-order valence-corrected chi connectivity index (χ4v) is 8.38. The number of carbonyl (C=O) groups is 1. The minimum Gasteiger partial charge on any atom is -0.506 e. The van der Waals surface area contributed by atoms with Gasteiger partial charge >= 0.3 is 0 Å². The molecule has 10 nitrogen and oxygen atoms in total. The molecule has 7 rings (SSSR count). The van der Waals surface area contributed by atoms with Crippen molar-refractivity contribution < 1.29 is 9.90 Å².